The van der Waals surface area contributed by atoms with Gasteiger partial charge in [-0.15, -0.1) is 10.2 Å². The third-order valence-corrected chi connectivity index (χ3v) is 5.79. The highest BCUT2D eigenvalue weighted by atomic mass is 16.1. The van der Waals surface area contributed by atoms with Gasteiger partial charge < -0.3 is 10.3 Å². The number of hydrogen-bond donors (Lipinski definition) is 2. The minimum Gasteiger partial charge on any atom is -0.397 e. The van der Waals surface area contributed by atoms with E-state index in [1.165, 1.54) is 0 Å². The second kappa shape index (κ2) is 9.22. The number of benzene rings is 2. The Bertz CT molecular complexity index is 1490. The fraction of sp³-hybridized carbons (Fsp3) is 0.200. The molecule has 0 aliphatic heterocycles. The van der Waals surface area contributed by atoms with Gasteiger partial charge in [0, 0.05) is 12.0 Å². The molecule has 0 saturated heterocycles. The molecule has 5 rings (SSSR count). The lowest BCUT2D eigenvalue weighted by molar-refractivity contribution is 0.665. The third-order valence-electron chi connectivity index (χ3n) is 5.79. The van der Waals surface area contributed by atoms with Crippen molar-refractivity contribution < 1.29 is 0 Å². The lowest BCUT2D eigenvalue weighted by atomic mass is 9.98. The van der Waals surface area contributed by atoms with E-state index in [4.69, 9.17) is 5.73 Å². The van der Waals surface area contributed by atoms with E-state index in [2.05, 4.69) is 61.8 Å². The van der Waals surface area contributed by atoms with Gasteiger partial charge in [0.05, 0.1) is 23.8 Å². The second-order valence-electron chi connectivity index (χ2n) is 8.14. The zero-order valence-corrected chi connectivity index (χ0v) is 18.8. The molecule has 3 N–H and O–H groups in total. The van der Waals surface area contributed by atoms with Gasteiger partial charge in [-0.1, -0.05) is 61.9 Å². The van der Waals surface area contributed by atoms with Crippen LogP contribution in [-0.2, 0) is 13.0 Å². The van der Waals surface area contributed by atoms with Crippen LogP contribution in [0, 0.1) is 0 Å². The number of tetrazole rings is 1. The van der Waals surface area contributed by atoms with Crippen LogP contribution in [0.25, 0.3) is 33.5 Å². The molecule has 0 aliphatic carbocycles. The van der Waals surface area contributed by atoms with E-state index < -0.39 is 0 Å². The Balaban J connectivity index is 1.52. The van der Waals surface area contributed by atoms with Gasteiger partial charge in [-0.05, 0) is 34.4 Å². The van der Waals surface area contributed by atoms with Crippen LogP contribution in [0.1, 0.15) is 31.2 Å². The topological polar surface area (TPSA) is 128 Å². The summed E-state index contributed by atoms with van der Waals surface area (Å²) in [7, 11) is 0. The molecule has 0 saturated carbocycles. The summed E-state index contributed by atoms with van der Waals surface area (Å²) in [4.78, 5) is 21.5. The smallest absolute Gasteiger partial charge is 0.282 e. The molecule has 2 aromatic carbocycles. The van der Waals surface area contributed by atoms with Crippen molar-refractivity contribution >= 4 is 16.7 Å². The summed E-state index contributed by atoms with van der Waals surface area (Å²) in [6.07, 6.45) is 4.25. The Kier molecular flexibility index (Phi) is 5.82. The van der Waals surface area contributed by atoms with Crippen molar-refractivity contribution in [1.29, 1.82) is 0 Å². The minimum atomic E-state index is -0.287. The van der Waals surface area contributed by atoms with Crippen molar-refractivity contribution in [3.8, 4) is 22.5 Å². The molecule has 3 aromatic heterocycles. The number of unbranched alkanes of at least 4 members (excludes halogenated alkanes) is 1. The van der Waals surface area contributed by atoms with Gasteiger partial charge >= 0.3 is 0 Å². The fourth-order valence-corrected chi connectivity index (χ4v) is 4.08. The lowest BCUT2D eigenvalue weighted by Crippen LogP contribution is -2.20. The summed E-state index contributed by atoms with van der Waals surface area (Å²) < 4.78 is 2.02. The largest absolute Gasteiger partial charge is 0.397 e. The molecule has 0 atom stereocenters. The van der Waals surface area contributed by atoms with Crippen LogP contribution in [0.15, 0.2) is 65.6 Å². The highest BCUT2D eigenvalue weighted by Gasteiger charge is 2.14. The van der Waals surface area contributed by atoms with Crippen molar-refractivity contribution in [3.63, 3.8) is 0 Å². The molecule has 0 spiro atoms. The molecule has 3 heterocycles. The van der Waals surface area contributed by atoms with E-state index in [1.54, 1.807) is 12.3 Å². The predicted octanol–water partition coefficient (Wildman–Crippen LogP) is 3.61. The molecule has 5 aromatic rings. The first-order valence-corrected chi connectivity index (χ1v) is 11.2. The van der Waals surface area contributed by atoms with E-state index in [9.17, 15) is 4.79 Å². The van der Waals surface area contributed by atoms with E-state index in [0.29, 0.717) is 35.5 Å². The van der Waals surface area contributed by atoms with Crippen molar-refractivity contribution in [3.05, 3.63) is 82.5 Å². The minimum absolute atomic E-state index is 0.287. The summed E-state index contributed by atoms with van der Waals surface area (Å²) in [6, 6.07) is 17.9. The first-order chi connectivity index (χ1) is 16.6. The number of nitrogen functional groups attached to an aromatic ring is 1. The van der Waals surface area contributed by atoms with Crippen molar-refractivity contribution in [2.75, 3.05) is 5.73 Å². The SMILES string of the molecule is CCCCc1nc(=O)c2cc(N)cnc2n1Cc1ccc(-c2ccccc2-c2nn[nH]n2)cc1. The summed E-state index contributed by atoms with van der Waals surface area (Å²) in [6.45, 7) is 2.67. The summed E-state index contributed by atoms with van der Waals surface area (Å²) in [5, 5.41) is 14.9. The lowest BCUT2D eigenvalue weighted by Gasteiger charge is -2.16. The number of pyridine rings is 1. The van der Waals surface area contributed by atoms with E-state index in [0.717, 1.165) is 40.9 Å². The number of anilines is 1. The number of nitrogens with zero attached hydrogens (tertiary/aromatic N) is 6. The van der Waals surface area contributed by atoms with E-state index >= 15 is 0 Å². The van der Waals surface area contributed by atoms with Gasteiger partial charge in [0.25, 0.3) is 5.56 Å². The quantitative estimate of drug-likeness (QED) is 0.386. The second-order valence-corrected chi connectivity index (χ2v) is 8.14. The standard InChI is InChI=1S/C25H24N8O/c1-2-3-8-22-28-25(34)21-13-18(26)14-27-24(21)33(22)15-16-9-11-17(12-10-16)19-6-4-5-7-20(19)23-29-31-32-30-23/h4-7,9-14H,2-3,8,15,26H2,1H3,(H,29,30,31,32). The van der Waals surface area contributed by atoms with Gasteiger partial charge in [-0.2, -0.15) is 10.2 Å². The van der Waals surface area contributed by atoms with Crippen LogP contribution in [-0.4, -0.2) is 35.2 Å². The molecule has 0 amide bonds. The number of nitrogens with one attached hydrogen (secondary N) is 1. The molecule has 34 heavy (non-hydrogen) atoms. The maximum absolute atomic E-state index is 12.6. The monoisotopic (exact) mass is 452 g/mol. The van der Waals surface area contributed by atoms with Crippen LogP contribution in [0.3, 0.4) is 0 Å². The normalized spacial score (nSPS) is 11.2. The summed E-state index contributed by atoms with van der Waals surface area (Å²) in [5.41, 5.74) is 10.7. The first kappa shape index (κ1) is 21.4. The van der Waals surface area contributed by atoms with Gasteiger partial charge in [0.15, 0.2) is 0 Å². The molecule has 9 heteroatoms. The number of nitrogens with two attached hydrogens (primary N) is 1. The number of aromatic nitrogens is 7. The highest BCUT2D eigenvalue weighted by Crippen LogP contribution is 2.30. The molecular weight excluding hydrogens is 428 g/mol. The zero-order valence-electron chi connectivity index (χ0n) is 18.8. The number of rotatable bonds is 7. The fourth-order valence-electron chi connectivity index (χ4n) is 4.08. The van der Waals surface area contributed by atoms with Crippen LogP contribution >= 0.6 is 0 Å². The Morgan fingerprint density at radius 3 is 2.59 bits per heavy atom. The van der Waals surface area contributed by atoms with E-state index in [1.807, 2.05) is 28.8 Å². The summed E-state index contributed by atoms with van der Waals surface area (Å²) >= 11 is 0. The number of H-pyrrole nitrogens is 1. The Labute approximate surface area is 195 Å². The van der Waals surface area contributed by atoms with Gasteiger partial charge in [0.1, 0.15) is 11.5 Å². The van der Waals surface area contributed by atoms with E-state index in [-0.39, 0.29) is 5.56 Å². The average Bonchev–Trinajstić information content (AvgIpc) is 3.40. The molecule has 0 unspecified atom stereocenters. The van der Waals surface area contributed by atoms with Crippen LogP contribution in [0.2, 0.25) is 0 Å². The molecule has 9 nitrogen and oxygen atoms in total. The molecule has 0 aliphatic rings. The van der Waals surface area contributed by atoms with Gasteiger partial charge in [0.2, 0.25) is 5.82 Å². The molecular formula is C25H24N8O. The summed E-state index contributed by atoms with van der Waals surface area (Å²) in [5.74, 6) is 1.29. The number of aryl methyl sites for hydroxylation is 1. The van der Waals surface area contributed by atoms with Crippen LogP contribution in [0.4, 0.5) is 5.69 Å². The van der Waals surface area contributed by atoms with Crippen LogP contribution in [0.5, 0.6) is 0 Å². The third kappa shape index (κ3) is 4.15. The Morgan fingerprint density at radius 2 is 1.85 bits per heavy atom. The molecule has 0 fully saturated rings. The Morgan fingerprint density at radius 1 is 1.06 bits per heavy atom. The van der Waals surface area contributed by atoms with Crippen molar-refractivity contribution in [1.82, 2.24) is 35.2 Å². The average molecular weight is 453 g/mol. The van der Waals surface area contributed by atoms with Gasteiger partial charge in [-0.25, -0.2) is 4.98 Å². The zero-order chi connectivity index (χ0) is 23.5. The Hall–Kier alpha value is -4.40. The molecule has 0 bridgehead atoms. The molecule has 0 radical (unpaired) electrons. The van der Waals surface area contributed by atoms with Gasteiger partial charge in [-0.3, -0.25) is 4.79 Å². The molecule has 170 valence electrons. The first-order valence-electron chi connectivity index (χ1n) is 11.2. The number of fused-ring (bicyclic) bond motifs is 1. The number of aromatic amines is 1. The van der Waals surface area contributed by atoms with Crippen LogP contribution < -0.4 is 11.3 Å². The van der Waals surface area contributed by atoms with Crippen molar-refractivity contribution in [2.24, 2.45) is 0 Å². The highest BCUT2D eigenvalue weighted by molar-refractivity contribution is 5.80. The maximum Gasteiger partial charge on any atom is 0.282 e. The van der Waals surface area contributed by atoms with Crippen molar-refractivity contribution in [2.45, 2.75) is 32.7 Å². The predicted molar refractivity (Wildman–Crippen MR) is 131 cm³/mol. The maximum atomic E-state index is 12.6. The number of hydrogen-bond acceptors (Lipinski definition) is 7.